The van der Waals surface area contributed by atoms with Crippen molar-refractivity contribution in [2.45, 2.75) is 38.7 Å². The lowest BCUT2D eigenvalue weighted by molar-refractivity contribution is 0.281. The van der Waals surface area contributed by atoms with Crippen molar-refractivity contribution in [2.75, 3.05) is 7.11 Å². The maximum absolute atomic E-state index is 13.2. The number of ether oxygens (including phenoxy) is 2. The smallest absolute Gasteiger partial charge is 0.271 e. The van der Waals surface area contributed by atoms with Crippen LogP contribution in [-0.4, -0.2) is 21.9 Å². The Bertz CT molecular complexity index is 1180. The average molecular weight is 442 g/mol. The van der Waals surface area contributed by atoms with Gasteiger partial charge in [-0.05, 0) is 44.5 Å². The molecule has 8 heteroatoms. The van der Waals surface area contributed by atoms with Crippen molar-refractivity contribution in [1.29, 1.82) is 0 Å². The Balaban J connectivity index is 1.78. The maximum Gasteiger partial charge on any atom is 0.271 e. The molecule has 2 heterocycles. The van der Waals surface area contributed by atoms with Crippen molar-refractivity contribution >= 4 is 22.6 Å². The molecule has 0 radical (unpaired) electrons. The summed E-state index contributed by atoms with van der Waals surface area (Å²) in [6.07, 6.45) is 0. The predicted molar refractivity (Wildman–Crippen MR) is 121 cm³/mol. The monoisotopic (exact) mass is 441 g/mol. The number of methoxy groups -OCH3 is 1. The highest BCUT2D eigenvalue weighted by atomic mass is 32.2. The fourth-order valence-corrected chi connectivity index (χ4v) is 4.72. The van der Waals surface area contributed by atoms with Gasteiger partial charge in [-0.2, -0.15) is 0 Å². The molecule has 0 amide bonds. The number of nitrogens with zero attached hydrogens (tertiary/aromatic N) is 2. The number of aliphatic imine (C=N–C) groups is 1. The van der Waals surface area contributed by atoms with Gasteiger partial charge in [-0.1, -0.05) is 36.0 Å². The van der Waals surface area contributed by atoms with Crippen LogP contribution < -0.4 is 15.0 Å². The number of hydrogen-bond acceptors (Lipinski definition) is 5. The standard InChI is InChI=1S/C23H24FN3O3S/c1-13(2)27-22-19(23(28)26-27)21(31-14(3)25-22)17-6-5-7-18(29-4)20(17)30-12-15-8-10-16(24)11-9-15/h5-11,13,21H,12H2,1-4H3,(H,26,28). The van der Waals surface area contributed by atoms with Gasteiger partial charge in [0.25, 0.3) is 5.56 Å². The van der Waals surface area contributed by atoms with E-state index in [1.165, 1.54) is 23.9 Å². The highest BCUT2D eigenvalue weighted by Gasteiger charge is 2.33. The van der Waals surface area contributed by atoms with E-state index in [1.807, 2.05) is 39.0 Å². The van der Waals surface area contributed by atoms with Gasteiger partial charge >= 0.3 is 0 Å². The number of benzene rings is 2. The van der Waals surface area contributed by atoms with Crippen LogP contribution in [0.1, 0.15) is 48.8 Å². The first kappa shape index (κ1) is 21.2. The molecule has 1 aliphatic rings. The van der Waals surface area contributed by atoms with Crippen molar-refractivity contribution in [3.05, 3.63) is 75.3 Å². The number of thioether (sulfide) groups is 1. The summed E-state index contributed by atoms with van der Waals surface area (Å²) < 4.78 is 26.8. The summed E-state index contributed by atoms with van der Waals surface area (Å²) in [6.45, 7) is 6.18. The summed E-state index contributed by atoms with van der Waals surface area (Å²) in [7, 11) is 1.58. The maximum atomic E-state index is 13.2. The first-order valence-electron chi connectivity index (χ1n) is 9.99. The van der Waals surface area contributed by atoms with Crippen LogP contribution in [0.5, 0.6) is 11.5 Å². The van der Waals surface area contributed by atoms with Gasteiger partial charge in [0.1, 0.15) is 12.4 Å². The van der Waals surface area contributed by atoms with E-state index >= 15 is 0 Å². The van der Waals surface area contributed by atoms with Gasteiger partial charge in [0.05, 0.1) is 23.0 Å². The number of H-pyrrole nitrogens is 1. The summed E-state index contributed by atoms with van der Waals surface area (Å²) >= 11 is 1.51. The fraction of sp³-hybridized carbons (Fsp3) is 0.304. The van der Waals surface area contributed by atoms with E-state index < -0.39 is 0 Å². The van der Waals surface area contributed by atoms with Gasteiger partial charge in [-0.15, -0.1) is 0 Å². The van der Waals surface area contributed by atoms with Crippen molar-refractivity contribution in [2.24, 2.45) is 4.99 Å². The lowest BCUT2D eigenvalue weighted by Gasteiger charge is -2.24. The molecule has 0 saturated carbocycles. The Morgan fingerprint density at radius 2 is 1.97 bits per heavy atom. The summed E-state index contributed by atoms with van der Waals surface area (Å²) in [4.78, 5) is 17.5. The summed E-state index contributed by atoms with van der Waals surface area (Å²) in [5.41, 5.74) is 2.10. The molecular formula is C23H24FN3O3S. The number of para-hydroxylation sites is 1. The molecule has 3 aromatic rings. The number of fused-ring (bicyclic) bond motifs is 1. The van der Waals surface area contributed by atoms with E-state index in [9.17, 15) is 9.18 Å². The third-order valence-electron chi connectivity index (χ3n) is 5.07. The van der Waals surface area contributed by atoms with E-state index in [0.29, 0.717) is 22.9 Å². The third-order valence-corrected chi connectivity index (χ3v) is 6.23. The van der Waals surface area contributed by atoms with Gasteiger partial charge in [0.2, 0.25) is 0 Å². The van der Waals surface area contributed by atoms with Gasteiger partial charge in [0, 0.05) is 11.6 Å². The first-order valence-corrected chi connectivity index (χ1v) is 10.9. The molecule has 6 nitrogen and oxygen atoms in total. The topological polar surface area (TPSA) is 68.6 Å². The van der Waals surface area contributed by atoms with Crippen LogP contribution in [0.2, 0.25) is 0 Å². The number of halogens is 1. The number of aromatic nitrogens is 2. The summed E-state index contributed by atoms with van der Waals surface area (Å²) in [6, 6.07) is 11.9. The van der Waals surface area contributed by atoms with Crippen molar-refractivity contribution in [1.82, 2.24) is 9.78 Å². The lowest BCUT2D eigenvalue weighted by Crippen LogP contribution is -2.15. The molecular weight excluding hydrogens is 417 g/mol. The zero-order valence-corrected chi connectivity index (χ0v) is 18.6. The van der Waals surface area contributed by atoms with Gasteiger partial charge in [-0.25, -0.2) is 9.38 Å². The van der Waals surface area contributed by atoms with Crippen molar-refractivity contribution in [3.8, 4) is 11.5 Å². The first-order chi connectivity index (χ1) is 14.9. The molecule has 0 bridgehead atoms. The Labute approximate surface area is 184 Å². The van der Waals surface area contributed by atoms with E-state index in [1.54, 1.807) is 23.9 Å². The second-order valence-electron chi connectivity index (χ2n) is 7.56. The van der Waals surface area contributed by atoms with Crippen molar-refractivity contribution in [3.63, 3.8) is 0 Å². The van der Waals surface area contributed by atoms with Crippen LogP contribution in [0.25, 0.3) is 0 Å². The zero-order valence-electron chi connectivity index (χ0n) is 17.8. The number of rotatable bonds is 6. The Morgan fingerprint density at radius 3 is 2.65 bits per heavy atom. The van der Waals surface area contributed by atoms with Gasteiger partial charge in [-0.3, -0.25) is 14.6 Å². The van der Waals surface area contributed by atoms with Crippen LogP contribution in [-0.2, 0) is 6.61 Å². The number of nitrogens with one attached hydrogen (secondary N) is 1. The quantitative estimate of drug-likeness (QED) is 0.558. The van der Waals surface area contributed by atoms with Gasteiger partial charge in [0.15, 0.2) is 17.3 Å². The lowest BCUT2D eigenvalue weighted by atomic mass is 10.0. The molecule has 1 atom stereocenters. The van der Waals surface area contributed by atoms with Gasteiger partial charge < -0.3 is 9.47 Å². The Hall–Kier alpha value is -3.00. The molecule has 1 aromatic heterocycles. The van der Waals surface area contributed by atoms with Crippen LogP contribution >= 0.6 is 11.8 Å². The fourth-order valence-electron chi connectivity index (χ4n) is 3.59. The molecule has 2 aromatic carbocycles. The predicted octanol–water partition coefficient (Wildman–Crippen LogP) is 5.37. The third kappa shape index (κ3) is 4.12. The van der Waals surface area contributed by atoms with E-state index in [4.69, 9.17) is 9.47 Å². The summed E-state index contributed by atoms with van der Waals surface area (Å²) in [5.74, 6) is 1.48. The Morgan fingerprint density at radius 1 is 1.23 bits per heavy atom. The second-order valence-corrected chi connectivity index (χ2v) is 8.86. The van der Waals surface area contributed by atoms with Crippen LogP contribution in [0.4, 0.5) is 10.2 Å². The van der Waals surface area contributed by atoms with E-state index in [0.717, 1.165) is 16.2 Å². The normalized spacial score (nSPS) is 15.5. The highest BCUT2D eigenvalue weighted by molar-refractivity contribution is 8.14. The molecule has 162 valence electrons. The highest BCUT2D eigenvalue weighted by Crippen LogP contribution is 2.49. The number of aromatic amines is 1. The molecule has 0 fully saturated rings. The molecule has 0 spiro atoms. The zero-order chi connectivity index (χ0) is 22.1. The molecule has 0 aliphatic carbocycles. The Kier molecular flexibility index (Phi) is 5.91. The minimum Gasteiger partial charge on any atom is -0.493 e. The van der Waals surface area contributed by atoms with Crippen LogP contribution in [0, 0.1) is 5.82 Å². The minimum atomic E-state index is -0.297. The second kappa shape index (κ2) is 8.63. The van der Waals surface area contributed by atoms with Crippen molar-refractivity contribution < 1.29 is 13.9 Å². The number of hydrogen-bond donors (Lipinski definition) is 1. The molecule has 0 saturated heterocycles. The molecule has 1 aliphatic heterocycles. The van der Waals surface area contributed by atoms with Crippen LogP contribution in [0.3, 0.4) is 0 Å². The van der Waals surface area contributed by atoms with E-state index in [2.05, 4.69) is 10.1 Å². The molecule has 4 rings (SSSR count). The SMILES string of the molecule is COc1cccc(C2SC(C)=Nc3c2c(=O)[nH]n3C(C)C)c1OCc1ccc(F)cc1. The minimum absolute atomic E-state index is 0.0660. The largest absolute Gasteiger partial charge is 0.493 e. The molecule has 31 heavy (non-hydrogen) atoms. The molecule has 1 N–H and O–H groups in total. The van der Waals surface area contributed by atoms with E-state index in [-0.39, 0.29) is 29.3 Å². The molecule has 1 unspecified atom stereocenters. The average Bonchev–Trinajstić information content (AvgIpc) is 3.09. The van der Waals surface area contributed by atoms with Crippen LogP contribution in [0.15, 0.2) is 52.3 Å². The summed E-state index contributed by atoms with van der Waals surface area (Å²) in [5, 5.41) is 3.48.